The summed E-state index contributed by atoms with van der Waals surface area (Å²) in [4.78, 5) is 0. The summed E-state index contributed by atoms with van der Waals surface area (Å²) >= 11 is 0. The first-order valence-corrected chi connectivity index (χ1v) is 4.89. The first-order chi connectivity index (χ1) is 6.39. The molecule has 0 amide bonds. The highest BCUT2D eigenvalue weighted by atomic mass is 16.5. The second-order valence-corrected chi connectivity index (χ2v) is 4.25. The highest BCUT2D eigenvalue weighted by Crippen LogP contribution is 2.24. The van der Waals surface area contributed by atoms with E-state index in [9.17, 15) is 5.11 Å². The van der Waals surface area contributed by atoms with E-state index in [4.69, 9.17) is 4.74 Å². The van der Waals surface area contributed by atoms with Gasteiger partial charge < -0.3 is 9.84 Å². The van der Waals surface area contributed by atoms with Gasteiger partial charge in [0.2, 0.25) is 0 Å². The molecule has 0 saturated heterocycles. The van der Waals surface area contributed by atoms with Crippen molar-refractivity contribution in [1.29, 1.82) is 0 Å². The lowest BCUT2D eigenvalue weighted by Gasteiger charge is -2.19. The van der Waals surface area contributed by atoms with Crippen molar-refractivity contribution >= 4 is 0 Å². The molecule has 1 aromatic rings. The third-order valence-corrected chi connectivity index (χ3v) is 1.91. The maximum Gasteiger partial charge on any atom is 0.120 e. The maximum absolute atomic E-state index is 9.79. The third kappa shape index (κ3) is 3.04. The van der Waals surface area contributed by atoms with Crippen LogP contribution in [0.3, 0.4) is 0 Å². The van der Waals surface area contributed by atoms with Crippen molar-refractivity contribution in [1.82, 2.24) is 0 Å². The van der Waals surface area contributed by atoms with Crippen LogP contribution in [0.15, 0.2) is 24.3 Å². The lowest BCUT2D eigenvalue weighted by Crippen LogP contribution is -2.15. The van der Waals surface area contributed by atoms with E-state index in [0.717, 1.165) is 11.3 Å². The molecule has 2 heteroatoms. The number of rotatable bonds is 3. The van der Waals surface area contributed by atoms with E-state index < -0.39 is 5.60 Å². The van der Waals surface area contributed by atoms with Crippen molar-refractivity contribution in [3.05, 3.63) is 29.8 Å². The van der Waals surface area contributed by atoms with Gasteiger partial charge in [0.15, 0.2) is 0 Å². The van der Waals surface area contributed by atoms with E-state index in [1.54, 1.807) is 13.8 Å². The summed E-state index contributed by atoms with van der Waals surface area (Å²) in [6.07, 6.45) is 0.159. The third-order valence-electron chi connectivity index (χ3n) is 1.91. The molecule has 0 aliphatic heterocycles. The molecular weight excluding hydrogens is 176 g/mol. The Morgan fingerprint density at radius 1 is 1.29 bits per heavy atom. The monoisotopic (exact) mass is 194 g/mol. The summed E-state index contributed by atoms with van der Waals surface area (Å²) in [5.41, 5.74) is 0.0618. The standard InChI is InChI=1S/C12H18O2/c1-9(2)14-11-7-5-6-10(8-11)12(3,4)13/h5-9,13H,1-4H3. The maximum atomic E-state index is 9.79. The van der Waals surface area contributed by atoms with E-state index in [0.29, 0.717) is 0 Å². The quantitative estimate of drug-likeness (QED) is 0.801. The average Bonchev–Trinajstić information content (AvgIpc) is 2.01. The molecule has 0 aliphatic carbocycles. The summed E-state index contributed by atoms with van der Waals surface area (Å²) in [5, 5.41) is 9.79. The topological polar surface area (TPSA) is 29.5 Å². The average molecular weight is 194 g/mol. The van der Waals surface area contributed by atoms with Crippen LogP contribution < -0.4 is 4.74 Å². The largest absolute Gasteiger partial charge is 0.491 e. The fourth-order valence-corrected chi connectivity index (χ4v) is 1.22. The van der Waals surface area contributed by atoms with Crippen molar-refractivity contribution in [3.8, 4) is 5.75 Å². The van der Waals surface area contributed by atoms with Gasteiger partial charge in [-0.1, -0.05) is 12.1 Å². The molecule has 0 unspecified atom stereocenters. The molecule has 0 heterocycles. The fourth-order valence-electron chi connectivity index (χ4n) is 1.22. The SMILES string of the molecule is CC(C)Oc1cccc(C(C)(C)O)c1. The molecule has 1 rings (SSSR count). The van der Waals surface area contributed by atoms with Gasteiger partial charge in [0, 0.05) is 0 Å². The zero-order valence-electron chi connectivity index (χ0n) is 9.24. The molecule has 1 aromatic carbocycles. The van der Waals surface area contributed by atoms with Crippen LogP contribution in [-0.2, 0) is 5.60 Å². The molecule has 78 valence electrons. The predicted octanol–water partition coefficient (Wildman–Crippen LogP) is 2.70. The van der Waals surface area contributed by atoms with Gasteiger partial charge in [-0.2, -0.15) is 0 Å². The molecule has 0 spiro atoms. The van der Waals surface area contributed by atoms with E-state index in [1.165, 1.54) is 0 Å². The van der Waals surface area contributed by atoms with Crippen LogP contribution in [0.4, 0.5) is 0 Å². The van der Waals surface area contributed by atoms with E-state index in [2.05, 4.69) is 0 Å². The van der Waals surface area contributed by atoms with Crippen LogP contribution in [0.5, 0.6) is 5.75 Å². The van der Waals surface area contributed by atoms with Gasteiger partial charge in [0.1, 0.15) is 5.75 Å². The lowest BCUT2D eigenvalue weighted by atomic mass is 9.98. The van der Waals surface area contributed by atoms with Gasteiger partial charge in [-0.05, 0) is 45.4 Å². The molecule has 14 heavy (non-hydrogen) atoms. The zero-order chi connectivity index (χ0) is 10.8. The Kier molecular flexibility index (Phi) is 3.17. The van der Waals surface area contributed by atoms with E-state index in [1.807, 2.05) is 38.1 Å². The Balaban J connectivity index is 2.90. The summed E-state index contributed by atoms with van der Waals surface area (Å²) in [6.45, 7) is 7.50. The number of aliphatic hydroxyl groups is 1. The van der Waals surface area contributed by atoms with Crippen LogP contribution in [0.1, 0.15) is 33.3 Å². The van der Waals surface area contributed by atoms with Crippen LogP contribution >= 0.6 is 0 Å². The Morgan fingerprint density at radius 2 is 1.93 bits per heavy atom. The minimum atomic E-state index is -0.809. The summed E-state index contributed by atoms with van der Waals surface area (Å²) in [7, 11) is 0. The smallest absolute Gasteiger partial charge is 0.120 e. The first kappa shape index (κ1) is 11.1. The molecule has 0 aromatic heterocycles. The van der Waals surface area contributed by atoms with Crippen molar-refractivity contribution < 1.29 is 9.84 Å². The zero-order valence-corrected chi connectivity index (χ0v) is 9.24. The Labute approximate surface area is 85.5 Å². The molecule has 0 fully saturated rings. The number of ether oxygens (including phenoxy) is 1. The van der Waals surface area contributed by atoms with Crippen LogP contribution in [0.25, 0.3) is 0 Å². The van der Waals surface area contributed by atoms with Gasteiger partial charge in [0.05, 0.1) is 11.7 Å². The number of hydrogen-bond acceptors (Lipinski definition) is 2. The van der Waals surface area contributed by atoms with Crippen molar-refractivity contribution in [2.45, 2.75) is 39.4 Å². The van der Waals surface area contributed by atoms with Crippen molar-refractivity contribution in [2.24, 2.45) is 0 Å². The van der Waals surface area contributed by atoms with E-state index in [-0.39, 0.29) is 6.10 Å². The molecule has 0 aliphatic rings. The highest BCUT2D eigenvalue weighted by molar-refractivity contribution is 5.31. The van der Waals surface area contributed by atoms with Gasteiger partial charge in [-0.15, -0.1) is 0 Å². The molecule has 1 N–H and O–H groups in total. The van der Waals surface area contributed by atoms with Gasteiger partial charge >= 0.3 is 0 Å². The normalized spacial score (nSPS) is 11.9. The van der Waals surface area contributed by atoms with Crippen molar-refractivity contribution in [2.75, 3.05) is 0 Å². The summed E-state index contributed by atoms with van der Waals surface area (Å²) < 4.78 is 5.54. The molecule has 2 nitrogen and oxygen atoms in total. The van der Waals surface area contributed by atoms with Crippen LogP contribution in [-0.4, -0.2) is 11.2 Å². The fraction of sp³-hybridized carbons (Fsp3) is 0.500. The second-order valence-electron chi connectivity index (χ2n) is 4.25. The Morgan fingerprint density at radius 3 is 2.43 bits per heavy atom. The number of benzene rings is 1. The van der Waals surface area contributed by atoms with E-state index >= 15 is 0 Å². The van der Waals surface area contributed by atoms with Crippen LogP contribution in [0, 0.1) is 0 Å². The number of hydrogen-bond donors (Lipinski definition) is 1. The highest BCUT2D eigenvalue weighted by Gasteiger charge is 2.16. The summed E-state index contributed by atoms with van der Waals surface area (Å²) in [5.74, 6) is 0.805. The lowest BCUT2D eigenvalue weighted by molar-refractivity contribution is 0.0781. The Bertz CT molecular complexity index is 297. The first-order valence-electron chi connectivity index (χ1n) is 4.89. The minimum absolute atomic E-state index is 0.159. The molecule has 0 saturated carbocycles. The summed E-state index contributed by atoms with van der Waals surface area (Å²) in [6, 6.07) is 7.56. The van der Waals surface area contributed by atoms with Crippen molar-refractivity contribution in [3.63, 3.8) is 0 Å². The molecule has 0 bridgehead atoms. The predicted molar refractivity (Wildman–Crippen MR) is 57.5 cm³/mol. The van der Waals surface area contributed by atoms with Crippen LogP contribution in [0.2, 0.25) is 0 Å². The van der Waals surface area contributed by atoms with Gasteiger partial charge in [-0.3, -0.25) is 0 Å². The minimum Gasteiger partial charge on any atom is -0.491 e. The molecular formula is C12H18O2. The molecule has 0 atom stereocenters. The molecule has 0 radical (unpaired) electrons. The van der Waals surface area contributed by atoms with Gasteiger partial charge in [0.25, 0.3) is 0 Å². The second kappa shape index (κ2) is 4.01. The Hall–Kier alpha value is -1.02. The van der Waals surface area contributed by atoms with Gasteiger partial charge in [-0.25, -0.2) is 0 Å².